The van der Waals surface area contributed by atoms with Crippen LogP contribution in [0.5, 0.6) is 0 Å². The van der Waals surface area contributed by atoms with E-state index in [9.17, 15) is 14.7 Å². The molecule has 3 aromatic rings. The van der Waals surface area contributed by atoms with Gasteiger partial charge in [-0.25, -0.2) is 4.79 Å². The molecule has 122 valence electrons. The Balaban J connectivity index is 2.28. The van der Waals surface area contributed by atoms with E-state index >= 15 is 0 Å². The number of carboxylic acids is 1. The number of para-hydroxylation sites is 1. The summed E-state index contributed by atoms with van der Waals surface area (Å²) in [5.41, 5.74) is 4.50. The molecular formula is C20H19NO3. The lowest BCUT2D eigenvalue weighted by molar-refractivity contribution is 0.0694. The third kappa shape index (κ3) is 2.71. The van der Waals surface area contributed by atoms with Crippen molar-refractivity contribution in [1.82, 2.24) is 4.57 Å². The Hall–Kier alpha value is -2.88. The fourth-order valence-corrected chi connectivity index (χ4v) is 3.26. The monoisotopic (exact) mass is 321 g/mol. The summed E-state index contributed by atoms with van der Waals surface area (Å²) in [7, 11) is 0. The number of fused-ring (bicyclic) bond motifs is 1. The highest BCUT2D eigenvalue weighted by atomic mass is 16.4. The number of aryl methyl sites for hydroxylation is 3. The quantitative estimate of drug-likeness (QED) is 0.800. The SMILES string of the molecule is Cc1cc(C)c(Cn2c(=O)c(C(=O)O)cc3ccccc32)c(C)c1. The zero-order valence-electron chi connectivity index (χ0n) is 14.0. The molecule has 0 radical (unpaired) electrons. The van der Waals surface area contributed by atoms with E-state index in [2.05, 4.69) is 12.1 Å². The first-order valence-electron chi connectivity index (χ1n) is 7.81. The Morgan fingerprint density at radius 3 is 2.29 bits per heavy atom. The second-order valence-corrected chi connectivity index (χ2v) is 6.19. The van der Waals surface area contributed by atoms with Gasteiger partial charge in [0.25, 0.3) is 5.56 Å². The predicted octanol–water partition coefficient (Wildman–Crippen LogP) is 3.67. The highest BCUT2D eigenvalue weighted by Gasteiger charge is 2.16. The van der Waals surface area contributed by atoms with Crippen LogP contribution < -0.4 is 5.56 Å². The fraction of sp³-hybridized carbons (Fsp3) is 0.200. The van der Waals surface area contributed by atoms with E-state index in [4.69, 9.17) is 0 Å². The first-order valence-corrected chi connectivity index (χ1v) is 7.81. The topological polar surface area (TPSA) is 59.3 Å². The van der Waals surface area contributed by atoms with Gasteiger partial charge >= 0.3 is 5.97 Å². The van der Waals surface area contributed by atoms with Crippen LogP contribution >= 0.6 is 0 Å². The molecule has 0 aliphatic heterocycles. The van der Waals surface area contributed by atoms with Gasteiger partial charge in [0.05, 0.1) is 12.1 Å². The van der Waals surface area contributed by atoms with Crippen molar-refractivity contribution < 1.29 is 9.90 Å². The van der Waals surface area contributed by atoms with Crippen LogP contribution in [0.1, 0.15) is 32.6 Å². The van der Waals surface area contributed by atoms with Crippen molar-refractivity contribution in [3.63, 3.8) is 0 Å². The van der Waals surface area contributed by atoms with Gasteiger partial charge in [0.1, 0.15) is 5.56 Å². The van der Waals surface area contributed by atoms with Gasteiger partial charge in [0.2, 0.25) is 0 Å². The normalized spacial score (nSPS) is 11.0. The number of hydrogen-bond donors (Lipinski definition) is 1. The Bertz CT molecular complexity index is 992. The van der Waals surface area contributed by atoms with E-state index in [1.165, 1.54) is 11.6 Å². The van der Waals surface area contributed by atoms with Gasteiger partial charge in [0.15, 0.2) is 0 Å². The molecule has 4 heteroatoms. The lowest BCUT2D eigenvalue weighted by Gasteiger charge is -2.16. The molecule has 0 aliphatic rings. The van der Waals surface area contributed by atoms with Crippen molar-refractivity contribution in [2.24, 2.45) is 0 Å². The number of benzene rings is 2. The van der Waals surface area contributed by atoms with Crippen LogP contribution in [0.4, 0.5) is 0 Å². The molecule has 0 saturated heterocycles. The van der Waals surface area contributed by atoms with Crippen molar-refractivity contribution in [1.29, 1.82) is 0 Å². The molecule has 0 unspecified atom stereocenters. The van der Waals surface area contributed by atoms with Gasteiger partial charge in [-0.05, 0) is 55.0 Å². The molecule has 0 spiro atoms. The molecule has 0 amide bonds. The number of pyridine rings is 1. The fourth-order valence-electron chi connectivity index (χ4n) is 3.26. The Morgan fingerprint density at radius 1 is 1.04 bits per heavy atom. The highest BCUT2D eigenvalue weighted by Crippen LogP contribution is 2.20. The van der Waals surface area contributed by atoms with Crippen molar-refractivity contribution >= 4 is 16.9 Å². The molecule has 24 heavy (non-hydrogen) atoms. The first-order chi connectivity index (χ1) is 11.4. The van der Waals surface area contributed by atoms with Gasteiger partial charge in [0, 0.05) is 0 Å². The van der Waals surface area contributed by atoms with Crippen molar-refractivity contribution in [3.05, 3.63) is 80.6 Å². The van der Waals surface area contributed by atoms with Crippen LogP contribution in [-0.4, -0.2) is 15.6 Å². The zero-order chi connectivity index (χ0) is 17.4. The summed E-state index contributed by atoms with van der Waals surface area (Å²) in [5, 5.41) is 10.1. The van der Waals surface area contributed by atoms with Gasteiger partial charge in [-0.15, -0.1) is 0 Å². The van der Waals surface area contributed by atoms with E-state index < -0.39 is 11.5 Å². The molecule has 0 aliphatic carbocycles. The van der Waals surface area contributed by atoms with Crippen molar-refractivity contribution in [2.45, 2.75) is 27.3 Å². The van der Waals surface area contributed by atoms with Crippen LogP contribution in [0.25, 0.3) is 10.9 Å². The smallest absolute Gasteiger partial charge is 0.341 e. The molecular weight excluding hydrogens is 302 g/mol. The largest absolute Gasteiger partial charge is 0.477 e. The average Bonchev–Trinajstić information content (AvgIpc) is 2.51. The van der Waals surface area contributed by atoms with Gasteiger partial charge in [-0.3, -0.25) is 4.79 Å². The van der Waals surface area contributed by atoms with Gasteiger partial charge in [-0.1, -0.05) is 35.9 Å². The van der Waals surface area contributed by atoms with Gasteiger partial charge in [-0.2, -0.15) is 0 Å². The van der Waals surface area contributed by atoms with Gasteiger partial charge < -0.3 is 9.67 Å². The van der Waals surface area contributed by atoms with Crippen LogP contribution in [0.15, 0.2) is 47.3 Å². The summed E-state index contributed by atoms with van der Waals surface area (Å²) in [6.07, 6.45) is 0. The summed E-state index contributed by atoms with van der Waals surface area (Å²) in [5.74, 6) is -1.20. The summed E-state index contributed by atoms with van der Waals surface area (Å²) >= 11 is 0. The molecule has 1 heterocycles. The summed E-state index contributed by atoms with van der Waals surface area (Å²) in [4.78, 5) is 24.1. The maximum absolute atomic E-state index is 12.7. The number of carboxylic acid groups (broad SMARTS) is 1. The molecule has 1 aromatic heterocycles. The summed E-state index contributed by atoms with van der Waals surface area (Å²) < 4.78 is 1.56. The third-order valence-electron chi connectivity index (χ3n) is 4.39. The molecule has 4 nitrogen and oxygen atoms in total. The Morgan fingerprint density at radius 2 is 1.67 bits per heavy atom. The second-order valence-electron chi connectivity index (χ2n) is 6.19. The molecule has 0 fully saturated rings. The standard InChI is InChI=1S/C20H19NO3/c1-12-8-13(2)17(14(3)9-12)11-21-18-7-5-4-6-15(18)10-16(19(21)22)20(23)24/h4-10H,11H2,1-3H3,(H,23,24). The number of carbonyl (C=O) groups is 1. The predicted molar refractivity (Wildman–Crippen MR) is 94.9 cm³/mol. The molecule has 2 aromatic carbocycles. The Labute approximate surface area is 140 Å². The van der Waals surface area contributed by atoms with Crippen LogP contribution in [0.2, 0.25) is 0 Å². The molecule has 0 atom stereocenters. The van der Waals surface area contributed by atoms with Crippen LogP contribution in [-0.2, 0) is 6.54 Å². The van der Waals surface area contributed by atoms with Crippen molar-refractivity contribution in [2.75, 3.05) is 0 Å². The minimum absolute atomic E-state index is 0.198. The maximum Gasteiger partial charge on any atom is 0.341 e. The average molecular weight is 321 g/mol. The Kier molecular flexibility index (Phi) is 3.97. The number of hydrogen-bond acceptors (Lipinski definition) is 2. The van der Waals surface area contributed by atoms with Crippen molar-refractivity contribution in [3.8, 4) is 0 Å². The number of nitrogens with zero attached hydrogens (tertiary/aromatic N) is 1. The zero-order valence-corrected chi connectivity index (χ0v) is 14.0. The van der Waals surface area contributed by atoms with E-state index in [1.807, 2.05) is 45.0 Å². The lowest BCUT2D eigenvalue weighted by Crippen LogP contribution is -2.27. The number of aromatic nitrogens is 1. The summed E-state index contributed by atoms with van der Waals surface area (Å²) in [6, 6.07) is 13.0. The highest BCUT2D eigenvalue weighted by molar-refractivity contribution is 5.92. The summed E-state index contributed by atoms with van der Waals surface area (Å²) in [6.45, 7) is 6.43. The van der Waals surface area contributed by atoms with Crippen LogP contribution in [0.3, 0.4) is 0 Å². The lowest BCUT2D eigenvalue weighted by atomic mass is 9.99. The molecule has 3 rings (SSSR count). The van der Waals surface area contributed by atoms with E-state index in [0.29, 0.717) is 6.54 Å². The second kappa shape index (κ2) is 5.96. The minimum Gasteiger partial charge on any atom is -0.477 e. The van der Waals surface area contributed by atoms with Crippen LogP contribution in [0, 0.1) is 20.8 Å². The molecule has 0 saturated carbocycles. The first kappa shape index (κ1) is 16.0. The number of aromatic carboxylic acids is 1. The van der Waals surface area contributed by atoms with E-state index in [-0.39, 0.29) is 5.56 Å². The maximum atomic E-state index is 12.7. The molecule has 0 bridgehead atoms. The third-order valence-corrected chi connectivity index (χ3v) is 4.39. The molecule has 1 N–H and O–H groups in total. The van der Waals surface area contributed by atoms with E-state index in [1.54, 1.807) is 4.57 Å². The van der Waals surface area contributed by atoms with E-state index in [0.717, 1.165) is 27.6 Å². The number of rotatable bonds is 3. The minimum atomic E-state index is -1.20.